The van der Waals surface area contributed by atoms with Gasteiger partial charge in [0.15, 0.2) is 5.82 Å². The molecule has 20 heavy (non-hydrogen) atoms. The van der Waals surface area contributed by atoms with Gasteiger partial charge in [-0.25, -0.2) is 4.98 Å². The summed E-state index contributed by atoms with van der Waals surface area (Å²) in [5, 5.41) is 0. The Morgan fingerprint density at radius 3 is 2.90 bits per heavy atom. The van der Waals surface area contributed by atoms with E-state index in [-0.39, 0.29) is 6.04 Å². The average molecular weight is 272 g/mol. The van der Waals surface area contributed by atoms with Gasteiger partial charge in [-0.1, -0.05) is 6.07 Å². The lowest BCUT2D eigenvalue weighted by Crippen LogP contribution is -2.28. The average Bonchev–Trinajstić information content (AvgIpc) is 3.18. The molecule has 0 spiro atoms. The fraction of sp³-hybridized carbons (Fsp3) is 0.562. The number of rotatable bonds is 6. The van der Waals surface area contributed by atoms with E-state index in [9.17, 15) is 0 Å². The second kappa shape index (κ2) is 5.44. The number of hydrogen-bond acceptors (Lipinski definition) is 3. The van der Waals surface area contributed by atoms with E-state index in [0.29, 0.717) is 0 Å². The van der Waals surface area contributed by atoms with Crippen LogP contribution in [-0.2, 0) is 6.42 Å². The fourth-order valence-corrected chi connectivity index (χ4v) is 2.76. The van der Waals surface area contributed by atoms with Crippen LogP contribution in [0.3, 0.4) is 0 Å². The summed E-state index contributed by atoms with van der Waals surface area (Å²) >= 11 is 0. The van der Waals surface area contributed by atoms with Crippen molar-refractivity contribution in [2.45, 2.75) is 39.2 Å². The molecule has 0 radical (unpaired) electrons. The fourth-order valence-electron chi connectivity index (χ4n) is 2.76. The maximum Gasteiger partial charge on any atom is 0.151 e. The molecule has 0 bridgehead atoms. The van der Waals surface area contributed by atoms with Crippen molar-refractivity contribution < 1.29 is 0 Å². The largest absolute Gasteiger partial charge is 0.355 e. The highest BCUT2D eigenvalue weighted by atomic mass is 15.2. The van der Waals surface area contributed by atoms with Gasteiger partial charge < -0.3 is 15.0 Å². The van der Waals surface area contributed by atoms with Crippen LogP contribution in [0, 0.1) is 5.92 Å². The van der Waals surface area contributed by atoms with Crippen molar-refractivity contribution in [3.63, 3.8) is 0 Å². The standard InChI is InChI=1S/C16H24N4/c1-3-19(11-13-7-8-13)16-14(10-12(2)17)20-9-5-4-6-15(20)18-16/h4-6,9,12-13H,3,7-8,10-11,17H2,1-2H3. The topological polar surface area (TPSA) is 46.6 Å². The molecule has 1 saturated carbocycles. The Balaban J connectivity index is 2.02. The predicted octanol–water partition coefficient (Wildman–Crippen LogP) is 2.46. The molecule has 1 fully saturated rings. The van der Waals surface area contributed by atoms with Crippen LogP contribution < -0.4 is 10.6 Å². The first-order valence-electron chi connectivity index (χ1n) is 7.65. The van der Waals surface area contributed by atoms with Gasteiger partial charge in [0.2, 0.25) is 0 Å². The Hall–Kier alpha value is -1.55. The van der Waals surface area contributed by atoms with Crippen molar-refractivity contribution in [1.29, 1.82) is 0 Å². The van der Waals surface area contributed by atoms with Crippen molar-refractivity contribution in [3.8, 4) is 0 Å². The van der Waals surface area contributed by atoms with Crippen LogP contribution in [0.1, 0.15) is 32.4 Å². The van der Waals surface area contributed by atoms with Crippen molar-refractivity contribution in [3.05, 3.63) is 30.1 Å². The van der Waals surface area contributed by atoms with Crippen LogP contribution in [0.5, 0.6) is 0 Å². The van der Waals surface area contributed by atoms with E-state index in [4.69, 9.17) is 10.7 Å². The number of anilines is 1. The third kappa shape index (κ3) is 2.66. The van der Waals surface area contributed by atoms with Crippen LogP contribution in [0.25, 0.3) is 5.65 Å². The number of aromatic nitrogens is 2. The molecular formula is C16H24N4. The van der Waals surface area contributed by atoms with Gasteiger partial charge in [-0.05, 0) is 44.7 Å². The lowest BCUT2D eigenvalue weighted by molar-refractivity contribution is 0.695. The normalized spacial score (nSPS) is 16.6. The lowest BCUT2D eigenvalue weighted by Gasteiger charge is -2.22. The number of imidazole rings is 1. The van der Waals surface area contributed by atoms with E-state index in [1.54, 1.807) is 0 Å². The van der Waals surface area contributed by atoms with Gasteiger partial charge in [-0.2, -0.15) is 0 Å². The van der Waals surface area contributed by atoms with Crippen molar-refractivity contribution in [2.75, 3.05) is 18.0 Å². The molecular weight excluding hydrogens is 248 g/mol. The monoisotopic (exact) mass is 272 g/mol. The number of pyridine rings is 1. The number of nitrogens with zero attached hydrogens (tertiary/aromatic N) is 3. The highest BCUT2D eigenvalue weighted by Gasteiger charge is 2.26. The summed E-state index contributed by atoms with van der Waals surface area (Å²) in [6.07, 6.45) is 5.69. The number of fused-ring (bicyclic) bond motifs is 1. The van der Waals surface area contributed by atoms with Crippen LogP contribution in [0.2, 0.25) is 0 Å². The van der Waals surface area contributed by atoms with Crippen LogP contribution in [0.15, 0.2) is 24.4 Å². The maximum atomic E-state index is 6.04. The third-order valence-electron chi connectivity index (χ3n) is 3.98. The van der Waals surface area contributed by atoms with Crippen LogP contribution >= 0.6 is 0 Å². The first-order chi connectivity index (χ1) is 9.69. The zero-order valence-corrected chi connectivity index (χ0v) is 12.4. The quantitative estimate of drug-likeness (QED) is 0.878. The summed E-state index contributed by atoms with van der Waals surface area (Å²) in [4.78, 5) is 7.27. The van der Waals surface area contributed by atoms with Crippen molar-refractivity contribution in [1.82, 2.24) is 9.38 Å². The van der Waals surface area contributed by atoms with Gasteiger partial charge in [0.25, 0.3) is 0 Å². The lowest BCUT2D eigenvalue weighted by atomic mass is 10.2. The van der Waals surface area contributed by atoms with E-state index in [1.165, 1.54) is 18.5 Å². The highest BCUT2D eigenvalue weighted by molar-refractivity contribution is 5.56. The molecule has 1 aliphatic carbocycles. The molecule has 2 aromatic heterocycles. The summed E-state index contributed by atoms with van der Waals surface area (Å²) in [6.45, 7) is 6.41. The molecule has 0 saturated heterocycles. The predicted molar refractivity (Wildman–Crippen MR) is 83.2 cm³/mol. The summed E-state index contributed by atoms with van der Waals surface area (Å²) in [6, 6.07) is 6.31. The smallest absolute Gasteiger partial charge is 0.151 e. The zero-order chi connectivity index (χ0) is 14.1. The minimum Gasteiger partial charge on any atom is -0.355 e. The Morgan fingerprint density at radius 1 is 1.45 bits per heavy atom. The second-order valence-corrected chi connectivity index (χ2v) is 5.97. The number of hydrogen-bond donors (Lipinski definition) is 1. The second-order valence-electron chi connectivity index (χ2n) is 5.97. The minimum atomic E-state index is 0.147. The molecule has 1 atom stereocenters. The Labute approximate surface area is 120 Å². The first-order valence-corrected chi connectivity index (χ1v) is 7.65. The van der Waals surface area contributed by atoms with Gasteiger partial charge in [-0.3, -0.25) is 0 Å². The van der Waals surface area contributed by atoms with Gasteiger partial charge in [0.05, 0.1) is 5.69 Å². The molecule has 3 rings (SSSR count). The SMILES string of the molecule is CCN(CC1CC1)c1nc2ccccn2c1CC(C)N. The number of nitrogens with two attached hydrogens (primary N) is 1. The maximum absolute atomic E-state index is 6.04. The summed E-state index contributed by atoms with van der Waals surface area (Å²) in [7, 11) is 0. The molecule has 2 N–H and O–H groups in total. The van der Waals surface area contributed by atoms with Gasteiger partial charge >= 0.3 is 0 Å². The molecule has 1 unspecified atom stereocenters. The molecule has 4 nitrogen and oxygen atoms in total. The van der Waals surface area contributed by atoms with E-state index in [0.717, 1.165) is 36.9 Å². The van der Waals surface area contributed by atoms with E-state index >= 15 is 0 Å². The van der Waals surface area contributed by atoms with Crippen molar-refractivity contribution >= 4 is 11.5 Å². The molecule has 0 aliphatic heterocycles. The van der Waals surface area contributed by atoms with Crippen molar-refractivity contribution in [2.24, 2.45) is 11.7 Å². The van der Waals surface area contributed by atoms with Crippen LogP contribution in [-0.4, -0.2) is 28.5 Å². The van der Waals surface area contributed by atoms with E-state index in [2.05, 4.69) is 41.5 Å². The van der Waals surface area contributed by atoms with Gasteiger partial charge in [-0.15, -0.1) is 0 Å². The highest BCUT2D eigenvalue weighted by Crippen LogP contribution is 2.32. The summed E-state index contributed by atoms with van der Waals surface area (Å²) < 4.78 is 2.19. The molecule has 4 heteroatoms. The Morgan fingerprint density at radius 2 is 2.25 bits per heavy atom. The third-order valence-corrected chi connectivity index (χ3v) is 3.98. The van der Waals surface area contributed by atoms with Gasteiger partial charge in [0, 0.05) is 31.7 Å². The summed E-state index contributed by atoms with van der Waals surface area (Å²) in [5.41, 5.74) is 8.31. The Kier molecular flexibility index (Phi) is 3.66. The van der Waals surface area contributed by atoms with E-state index < -0.39 is 0 Å². The summed E-state index contributed by atoms with van der Waals surface area (Å²) in [5.74, 6) is 1.99. The molecule has 2 heterocycles. The van der Waals surface area contributed by atoms with Gasteiger partial charge in [0.1, 0.15) is 5.65 Å². The first kappa shape index (κ1) is 13.4. The molecule has 0 aromatic carbocycles. The van der Waals surface area contributed by atoms with E-state index in [1.807, 2.05) is 6.07 Å². The molecule has 108 valence electrons. The zero-order valence-electron chi connectivity index (χ0n) is 12.4. The molecule has 0 amide bonds. The minimum absolute atomic E-state index is 0.147. The molecule has 1 aliphatic rings. The Bertz CT molecular complexity index is 583. The van der Waals surface area contributed by atoms with Crippen LogP contribution in [0.4, 0.5) is 5.82 Å². The molecule has 2 aromatic rings.